The highest BCUT2D eigenvalue weighted by molar-refractivity contribution is 7.99. The van der Waals surface area contributed by atoms with Gasteiger partial charge in [0.25, 0.3) is 5.91 Å². The molecule has 0 fully saturated rings. The lowest BCUT2D eigenvalue weighted by molar-refractivity contribution is 0.0963. The van der Waals surface area contributed by atoms with Crippen LogP contribution in [0.4, 0.5) is 0 Å². The van der Waals surface area contributed by atoms with Crippen molar-refractivity contribution in [3.8, 4) is 0 Å². The van der Waals surface area contributed by atoms with Crippen LogP contribution in [0.5, 0.6) is 0 Å². The van der Waals surface area contributed by atoms with Crippen molar-refractivity contribution in [3.63, 3.8) is 0 Å². The summed E-state index contributed by atoms with van der Waals surface area (Å²) in [4.78, 5) is 12.9. The van der Waals surface area contributed by atoms with E-state index in [0.717, 1.165) is 29.3 Å². The van der Waals surface area contributed by atoms with Crippen molar-refractivity contribution < 1.29 is 4.79 Å². The first-order valence-corrected chi connectivity index (χ1v) is 9.01. The van der Waals surface area contributed by atoms with E-state index in [1.807, 2.05) is 48.2 Å². The van der Waals surface area contributed by atoms with Gasteiger partial charge < -0.3 is 10.6 Å². The maximum Gasteiger partial charge on any atom is 0.251 e. The molecule has 0 saturated carbocycles. The molecule has 0 bridgehead atoms. The fourth-order valence-corrected chi connectivity index (χ4v) is 4.29. The number of rotatable bonds is 4. The molecule has 1 aliphatic heterocycles. The Morgan fingerprint density at radius 3 is 2.96 bits per heavy atom. The van der Waals surface area contributed by atoms with Crippen molar-refractivity contribution in [2.45, 2.75) is 23.9 Å². The van der Waals surface area contributed by atoms with Gasteiger partial charge in [-0.3, -0.25) is 4.79 Å². The van der Waals surface area contributed by atoms with E-state index in [1.165, 1.54) is 10.5 Å². The molecule has 0 spiro atoms. The Bertz CT molecular complexity index is 720. The van der Waals surface area contributed by atoms with Crippen LogP contribution in [0.3, 0.4) is 0 Å². The molecule has 1 atom stereocenters. The van der Waals surface area contributed by atoms with Gasteiger partial charge in [-0.05, 0) is 41.5 Å². The molecule has 5 heteroatoms. The third kappa shape index (κ3) is 3.71. The molecule has 0 aromatic heterocycles. The van der Waals surface area contributed by atoms with Crippen LogP contribution >= 0.6 is 23.4 Å². The predicted molar refractivity (Wildman–Crippen MR) is 96.2 cm³/mol. The highest BCUT2D eigenvalue weighted by Gasteiger charge is 2.21. The Balaban J connectivity index is 1.73. The van der Waals surface area contributed by atoms with Crippen molar-refractivity contribution in [1.82, 2.24) is 10.6 Å². The van der Waals surface area contributed by atoms with Crippen LogP contribution in [0, 0.1) is 0 Å². The van der Waals surface area contributed by atoms with Crippen LogP contribution < -0.4 is 10.6 Å². The van der Waals surface area contributed by atoms with E-state index >= 15 is 0 Å². The molecular weight excluding hydrogens is 328 g/mol. The number of carbonyl (C=O) groups is 1. The van der Waals surface area contributed by atoms with Gasteiger partial charge >= 0.3 is 0 Å². The molecule has 23 heavy (non-hydrogen) atoms. The fraction of sp³-hybridized carbons (Fsp3) is 0.278. The lowest BCUT2D eigenvalue weighted by atomic mass is 10.0. The smallest absolute Gasteiger partial charge is 0.251 e. The molecule has 2 aromatic rings. The second-order valence-electron chi connectivity index (χ2n) is 5.51. The molecule has 1 unspecified atom stereocenters. The number of amides is 1. The second-order valence-corrected chi connectivity index (χ2v) is 7.02. The Morgan fingerprint density at radius 1 is 1.30 bits per heavy atom. The van der Waals surface area contributed by atoms with Crippen molar-refractivity contribution in [1.29, 1.82) is 0 Å². The van der Waals surface area contributed by atoms with Crippen LogP contribution in [0.2, 0.25) is 5.02 Å². The summed E-state index contributed by atoms with van der Waals surface area (Å²) in [5.41, 5.74) is 3.07. The van der Waals surface area contributed by atoms with Gasteiger partial charge in [0.1, 0.15) is 0 Å². The average molecular weight is 347 g/mol. The first kappa shape index (κ1) is 16.4. The van der Waals surface area contributed by atoms with Gasteiger partial charge in [-0.1, -0.05) is 35.9 Å². The summed E-state index contributed by atoms with van der Waals surface area (Å²) in [6.07, 6.45) is 1.08. The Kier molecular flexibility index (Phi) is 5.26. The quantitative estimate of drug-likeness (QED) is 0.878. The highest BCUT2D eigenvalue weighted by atomic mass is 35.5. The van der Waals surface area contributed by atoms with Crippen molar-refractivity contribution in [2.24, 2.45) is 0 Å². The zero-order valence-corrected chi connectivity index (χ0v) is 14.5. The van der Waals surface area contributed by atoms with Gasteiger partial charge in [-0.2, -0.15) is 0 Å². The standard InChI is InChI=1S/C18H19ClN2OS/c1-20-18(22)13-5-2-4-12(10-13)11-21-16-8-9-23-17-14(16)6-3-7-15(17)19/h2-7,10,16,21H,8-9,11H2,1H3,(H,20,22). The summed E-state index contributed by atoms with van der Waals surface area (Å²) in [7, 11) is 1.65. The number of nitrogens with one attached hydrogen (secondary N) is 2. The van der Waals surface area contributed by atoms with Crippen LogP contribution in [-0.4, -0.2) is 18.7 Å². The minimum atomic E-state index is -0.0574. The minimum absolute atomic E-state index is 0.0574. The van der Waals surface area contributed by atoms with E-state index < -0.39 is 0 Å². The number of halogens is 1. The van der Waals surface area contributed by atoms with Gasteiger partial charge in [0.2, 0.25) is 0 Å². The molecule has 2 aromatic carbocycles. The average Bonchev–Trinajstić information content (AvgIpc) is 2.60. The van der Waals surface area contributed by atoms with Gasteiger partial charge in [-0.15, -0.1) is 11.8 Å². The van der Waals surface area contributed by atoms with Crippen molar-refractivity contribution >= 4 is 29.3 Å². The number of hydrogen-bond donors (Lipinski definition) is 2. The van der Waals surface area contributed by atoms with Gasteiger partial charge in [0, 0.05) is 30.1 Å². The maximum absolute atomic E-state index is 11.7. The van der Waals surface area contributed by atoms with Crippen molar-refractivity contribution in [2.75, 3.05) is 12.8 Å². The highest BCUT2D eigenvalue weighted by Crippen LogP contribution is 2.40. The third-order valence-corrected chi connectivity index (χ3v) is 5.61. The summed E-state index contributed by atoms with van der Waals surface area (Å²) in [6, 6.07) is 14.1. The Hall–Kier alpha value is -1.49. The fourth-order valence-electron chi connectivity index (χ4n) is 2.81. The maximum atomic E-state index is 11.7. The molecule has 2 N–H and O–H groups in total. The number of carbonyl (C=O) groups excluding carboxylic acids is 1. The third-order valence-electron chi connectivity index (χ3n) is 3.99. The zero-order chi connectivity index (χ0) is 16.2. The van der Waals surface area contributed by atoms with Gasteiger partial charge in [0.15, 0.2) is 0 Å². The zero-order valence-electron chi connectivity index (χ0n) is 12.9. The first-order valence-electron chi connectivity index (χ1n) is 7.64. The molecule has 3 rings (SSSR count). The molecule has 0 radical (unpaired) electrons. The number of benzene rings is 2. The van der Waals surface area contributed by atoms with Crippen LogP contribution in [0.15, 0.2) is 47.4 Å². The van der Waals surface area contributed by atoms with Gasteiger partial charge in [-0.25, -0.2) is 0 Å². The molecule has 1 amide bonds. The van der Waals surface area contributed by atoms with Crippen molar-refractivity contribution in [3.05, 3.63) is 64.2 Å². The molecule has 0 aliphatic carbocycles. The number of hydrogen-bond acceptors (Lipinski definition) is 3. The minimum Gasteiger partial charge on any atom is -0.355 e. The normalized spacial score (nSPS) is 16.7. The molecule has 0 saturated heterocycles. The molecule has 3 nitrogen and oxygen atoms in total. The Morgan fingerprint density at radius 2 is 2.13 bits per heavy atom. The monoisotopic (exact) mass is 346 g/mol. The summed E-state index contributed by atoms with van der Waals surface area (Å²) in [6.45, 7) is 0.728. The summed E-state index contributed by atoms with van der Waals surface area (Å²) in [5, 5.41) is 7.09. The first-order chi connectivity index (χ1) is 11.2. The molecule has 120 valence electrons. The summed E-state index contributed by atoms with van der Waals surface area (Å²) >= 11 is 8.13. The topological polar surface area (TPSA) is 41.1 Å². The summed E-state index contributed by atoms with van der Waals surface area (Å²) < 4.78 is 0. The Labute approximate surface area is 145 Å². The van der Waals surface area contributed by atoms with E-state index in [4.69, 9.17) is 11.6 Å². The lowest BCUT2D eigenvalue weighted by Gasteiger charge is -2.26. The van der Waals surface area contributed by atoms with Gasteiger partial charge in [0.05, 0.1) is 5.02 Å². The van der Waals surface area contributed by atoms with Crippen LogP contribution in [0.25, 0.3) is 0 Å². The predicted octanol–water partition coefficient (Wildman–Crippen LogP) is 4.03. The van der Waals surface area contributed by atoms with Crippen LogP contribution in [-0.2, 0) is 6.54 Å². The largest absolute Gasteiger partial charge is 0.355 e. The molecule has 1 heterocycles. The number of fused-ring (bicyclic) bond motifs is 1. The van der Waals surface area contributed by atoms with Crippen LogP contribution in [0.1, 0.15) is 33.9 Å². The summed E-state index contributed by atoms with van der Waals surface area (Å²) in [5.74, 6) is 1.00. The number of thioether (sulfide) groups is 1. The second kappa shape index (κ2) is 7.39. The van der Waals surface area contributed by atoms with E-state index in [9.17, 15) is 4.79 Å². The van der Waals surface area contributed by atoms with E-state index in [1.54, 1.807) is 7.05 Å². The molecule has 1 aliphatic rings. The van der Waals surface area contributed by atoms with E-state index in [2.05, 4.69) is 16.7 Å². The van der Waals surface area contributed by atoms with E-state index in [0.29, 0.717) is 11.6 Å². The molecular formula is C18H19ClN2OS. The lowest BCUT2D eigenvalue weighted by Crippen LogP contribution is -2.24. The van der Waals surface area contributed by atoms with E-state index in [-0.39, 0.29) is 5.91 Å². The SMILES string of the molecule is CNC(=O)c1cccc(CNC2CCSc3c(Cl)cccc32)c1.